The third-order valence-corrected chi connectivity index (χ3v) is 14.5. The third kappa shape index (κ3) is 3.56. The minimum absolute atomic E-state index is 0.0974. The SMILES string of the molecule is Cc1ccc([Te][Te]c2ccc(C)c(N)c2)cc1N. The van der Waals surface area contributed by atoms with Gasteiger partial charge in [-0.25, -0.2) is 0 Å². The fourth-order valence-corrected chi connectivity index (χ4v) is 11.3. The van der Waals surface area contributed by atoms with Gasteiger partial charge in [0.25, 0.3) is 0 Å². The maximum atomic E-state index is 5.95. The molecule has 18 heavy (non-hydrogen) atoms. The van der Waals surface area contributed by atoms with Gasteiger partial charge in [0.15, 0.2) is 0 Å². The van der Waals surface area contributed by atoms with Gasteiger partial charge in [-0.1, -0.05) is 0 Å². The molecule has 4 heteroatoms. The Labute approximate surface area is 124 Å². The summed E-state index contributed by atoms with van der Waals surface area (Å²) in [5.41, 5.74) is 16.1. The fourth-order valence-electron chi connectivity index (χ4n) is 1.44. The van der Waals surface area contributed by atoms with Crippen LogP contribution in [0.5, 0.6) is 0 Å². The van der Waals surface area contributed by atoms with E-state index in [1.165, 1.54) is 18.3 Å². The first kappa shape index (κ1) is 14.0. The van der Waals surface area contributed by atoms with Crippen LogP contribution in [-0.2, 0) is 0 Å². The molecule has 0 bridgehead atoms. The standard InChI is InChI=1S/C14H16N2Te2/c1-9-3-5-11(7-13(9)15)17-18-12-6-4-10(2)14(16)8-12/h3-8H,15-16H2,1-2H3. The van der Waals surface area contributed by atoms with Crippen molar-refractivity contribution in [2.45, 2.75) is 13.8 Å². The van der Waals surface area contributed by atoms with Gasteiger partial charge in [-0.2, -0.15) is 0 Å². The predicted octanol–water partition coefficient (Wildman–Crippen LogP) is 0.742. The van der Waals surface area contributed by atoms with Crippen LogP contribution >= 0.6 is 0 Å². The van der Waals surface area contributed by atoms with Gasteiger partial charge in [0, 0.05) is 0 Å². The molecule has 94 valence electrons. The van der Waals surface area contributed by atoms with E-state index in [0.29, 0.717) is 0 Å². The van der Waals surface area contributed by atoms with Crippen LogP contribution in [0.15, 0.2) is 36.4 Å². The Morgan fingerprint density at radius 2 is 1.11 bits per heavy atom. The number of hydrogen-bond acceptors (Lipinski definition) is 2. The van der Waals surface area contributed by atoms with Gasteiger partial charge in [-0.3, -0.25) is 0 Å². The zero-order chi connectivity index (χ0) is 13.1. The molecule has 0 saturated carbocycles. The molecule has 2 rings (SSSR count). The summed E-state index contributed by atoms with van der Waals surface area (Å²) in [5, 5.41) is 0. The Morgan fingerprint density at radius 3 is 1.44 bits per heavy atom. The van der Waals surface area contributed by atoms with Crippen molar-refractivity contribution < 1.29 is 0 Å². The van der Waals surface area contributed by atoms with Gasteiger partial charge in [-0.15, -0.1) is 0 Å². The molecule has 0 spiro atoms. The Hall–Kier alpha value is -0.381. The number of rotatable bonds is 3. The summed E-state index contributed by atoms with van der Waals surface area (Å²) < 4.78 is 2.93. The molecular weight excluding hydrogens is 451 g/mol. The van der Waals surface area contributed by atoms with Crippen LogP contribution in [0.2, 0.25) is 0 Å². The van der Waals surface area contributed by atoms with Crippen molar-refractivity contribution in [3.8, 4) is 0 Å². The van der Waals surface area contributed by atoms with E-state index in [4.69, 9.17) is 11.5 Å². The van der Waals surface area contributed by atoms with Crippen molar-refractivity contribution in [3.05, 3.63) is 47.5 Å². The van der Waals surface area contributed by atoms with Crippen molar-refractivity contribution in [2.75, 3.05) is 11.5 Å². The van der Waals surface area contributed by atoms with E-state index in [-0.39, 0.29) is 34.1 Å². The molecule has 0 radical (unpaired) electrons. The average molecular weight is 467 g/mol. The molecule has 0 aromatic heterocycles. The van der Waals surface area contributed by atoms with Crippen LogP contribution in [0.1, 0.15) is 11.1 Å². The number of benzene rings is 2. The van der Waals surface area contributed by atoms with Gasteiger partial charge in [0.2, 0.25) is 0 Å². The molecule has 0 atom stereocenters. The first-order valence-corrected chi connectivity index (χ1v) is 15.3. The molecule has 0 aliphatic rings. The molecule has 0 saturated heterocycles. The van der Waals surface area contributed by atoms with E-state index in [1.807, 2.05) is 0 Å². The molecule has 2 aromatic carbocycles. The normalized spacial score (nSPS) is 10.6. The molecule has 0 unspecified atom stereocenters. The van der Waals surface area contributed by atoms with Crippen molar-refractivity contribution in [1.82, 2.24) is 0 Å². The van der Waals surface area contributed by atoms with Crippen molar-refractivity contribution in [2.24, 2.45) is 0 Å². The number of nitrogen functional groups attached to an aromatic ring is 2. The van der Waals surface area contributed by atoms with Crippen LogP contribution in [0.4, 0.5) is 11.4 Å². The number of hydrogen-bond donors (Lipinski definition) is 2. The summed E-state index contributed by atoms with van der Waals surface area (Å²) in [5.74, 6) is 0. The van der Waals surface area contributed by atoms with Crippen LogP contribution in [-0.4, -0.2) is 34.1 Å². The molecule has 4 N–H and O–H groups in total. The zero-order valence-electron chi connectivity index (χ0n) is 10.4. The van der Waals surface area contributed by atoms with E-state index in [1.54, 1.807) is 0 Å². The van der Waals surface area contributed by atoms with E-state index in [2.05, 4.69) is 50.2 Å². The van der Waals surface area contributed by atoms with Crippen molar-refractivity contribution in [3.63, 3.8) is 0 Å². The number of nitrogens with two attached hydrogens (primary N) is 2. The molecule has 0 fully saturated rings. The molecule has 2 nitrogen and oxygen atoms in total. The molecule has 0 heterocycles. The van der Waals surface area contributed by atoms with Gasteiger partial charge >= 0.3 is 126 Å². The molecule has 0 aliphatic heterocycles. The summed E-state index contributed by atoms with van der Waals surface area (Å²) in [6.07, 6.45) is 0. The van der Waals surface area contributed by atoms with Crippen molar-refractivity contribution >= 4 is 52.7 Å². The number of aryl methyl sites for hydroxylation is 2. The van der Waals surface area contributed by atoms with Gasteiger partial charge in [-0.05, 0) is 0 Å². The average Bonchev–Trinajstić information content (AvgIpc) is 2.35. The van der Waals surface area contributed by atoms with E-state index >= 15 is 0 Å². The van der Waals surface area contributed by atoms with Gasteiger partial charge in [0.05, 0.1) is 0 Å². The quantitative estimate of drug-likeness (QED) is 0.517. The fraction of sp³-hybridized carbons (Fsp3) is 0.143. The van der Waals surface area contributed by atoms with Gasteiger partial charge in [0.1, 0.15) is 0 Å². The minimum atomic E-state index is -0.0974. The maximum absolute atomic E-state index is 5.95. The summed E-state index contributed by atoms with van der Waals surface area (Å²) >= 11 is -0.195. The van der Waals surface area contributed by atoms with Gasteiger partial charge < -0.3 is 0 Å². The second-order valence-corrected chi connectivity index (χ2v) is 14.2. The second kappa shape index (κ2) is 6.18. The first-order valence-electron chi connectivity index (χ1n) is 5.63. The summed E-state index contributed by atoms with van der Waals surface area (Å²) in [4.78, 5) is 0. The molecule has 0 aliphatic carbocycles. The molecule has 2 aromatic rings. The van der Waals surface area contributed by atoms with E-state index in [9.17, 15) is 0 Å². The predicted molar refractivity (Wildman–Crippen MR) is 82.0 cm³/mol. The second-order valence-electron chi connectivity index (χ2n) is 4.20. The van der Waals surface area contributed by atoms with E-state index in [0.717, 1.165) is 11.4 Å². The van der Waals surface area contributed by atoms with Crippen molar-refractivity contribution in [1.29, 1.82) is 0 Å². The monoisotopic (exact) mass is 472 g/mol. The Bertz CT molecular complexity index is 516. The zero-order valence-corrected chi connectivity index (χ0v) is 15.1. The van der Waals surface area contributed by atoms with Crippen LogP contribution < -0.4 is 18.7 Å². The summed E-state index contributed by atoms with van der Waals surface area (Å²) in [6.45, 7) is 4.11. The number of anilines is 2. The van der Waals surface area contributed by atoms with Crippen LogP contribution in [0.25, 0.3) is 0 Å². The Morgan fingerprint density at radius 1 is 0.722 bits per heavy atom. The van der Waals surface area contributed by atoms with Crippen LogP contribution in [0.3, 0.4) is 0 Å². The van der Waals surface area contributed by atoms with E-state index < -0.39 is 0 Å². The summed E-state index contributed by atoms with van der Waals surface area (Å²) in [6, 6.07) is 13.0. The molecule has 0 amide bonds. The Kier molecular flexibility index (Phi) is 4.82. The Balaban J connectivity index is 2.06. The summed E-state index contributed by atoms with van der Waals surface area (Å²) in [7, 11) is 0. The van der Waals surface area contributed by atoms with Crippen LogP contribution in [0, 0.1) is 13.8 Å². The third-order valence-electron chi connectivity index (χ3n) is 2.74. The first-order chi connectivity index (χ1) is 8.56. The molecular formula is C14H16N2Te2. The topological polar surface area (TPSA) is 52.0 Å².